The molecule has 0 unspecified atom stereocenters. The van der Waals surface area contributed by atoms with Crippen molar-refractivity contribution in [1.29, 1.82) is 0 Å². The fourth-order valence-electron chi connectivity index (χ4n) is 2.89. The Bertz CT molecular complexity index is 981. The molecule has 0 radical (unpaired) electrons. The second-order valence-corrected chi connectivity index (χ2v) is 7.40. The van der Waals surface area contributed by atoms with Crippen molar-refractivity contribution in [3.05, 3.63) is 40.5 Å². The molecule has 0 saturated carbocycles. The number of nitrogens with zero attached hydrogens (tertiary/aromatic N) is 2. The third-order valence-electron chi connectivity index (χ3n) is 4.30. The number of aliphatic hydroxyl groups excluding tert-OH is 1. The lowest BCUT2D eigenvalue weighted by Crippen LogP contribution is -2.47. The summed E-state index contributed by atoms with van der Waals surface area (Å²) in [6, 6.07) is 4.16. The van der Waals surface area contributed by atoms with Gasteiger partial charge in [-0.05, 0) is 31.9 Å². The van der Waals surface area contributed by atoms with Crippen LogP contribution >= 0.6 is 11.6 Å². The molecule has 0 aliphatic carbocycles. The van der Waals surface area contributed by atoms with Crippen LogP contribution in [0.2, 0.25) is 5.02 Å². The summed E-state index contributed by atoms with van der Waals surface area (Å²) in [5.74, 6) is -2.02. The van der Waals surface area contributed by atoms with E-state index in [1.54, 1.807) is 32.2 Å². The number of H-pyrrole nitrogens is 1. The van der Waals surface area contributed by atoms with Gasteiger partial charge in [-0.3, -0.25) is 9.59 Å². The number of ether oxygens (including phenoxy) is 1. The van der Waals surface area contributed by atoms with Gasteiger partial charge in [-0.15, -0.1) is 0 Å². The van der Waals surface area contributed by atoms with Crippen LogP contribution < -0.4 is 5.32 Å². The minimum absolute atomic E-state index is 0.00573. The first-order valence-corrected chi connectivity index (χ1v) is 9.74. The fourth-order valence-corrected chi connectivity index (χ4v) is 3.12. The highest BCUT2D eigenvalue weighted by molar-refractivity contribution is 6.35. The maximum absolute atomic E-state index is 12.5. The van der Waals surface area contributed by atoms with Gasteiger partial charge < -0.3 is 25.7 Å². The molecule has 2 atom stereocenters. The third kappa shape index (κ3) is 6.25. The van der Waals surface area contributed by atoms with Crippen molar-refractivity contribution in [3.8, 4) is 0 Å². The lowest BCUT2D eigenvalue weighted by molar-refractivity contribution is -0.152. The van der Waals surface area contributed by atoms with Crippen LogP contribution in [0.1, 0.15) is 32.3 Å². The number of fused-ring (bicyclic) bond motifs is 1. The Hall–Kier alpha value is -3.00. The molecule has 9 nitrogen and oxygen atoms in total. The predicted molar refractivity (Wildman–Crippen MR) is 110 cm³/mol. The van der Waals surface area contributed by atoms with Gasteiger partial charge in [0.25, 0.3) is 0 Å². The Balaban J connectivity index is 2.08. The number of carbonyl (C=O) groups excluding carboxylic acids is 3. The molecular formula is C20H23ClN4O5. The minimum atomic E-state index is -1.44. The topological polar surface area (TPSA) is 145 Å². The smallest absolute Gasteiger partial charge is 0.328 e. The number of para-hydroxylation sites is 1. The van der Waals surface area contributed by atoms with E-state index in [1.165, 1.54) is 0 Å². The second kappa shape index (κ2) is 10.7. The van der Waals surface area contributed by atoms with Crippen LogP contribution in [0.4, 0.5) is 0 Å². The van der Waals surface area contributed by atoms with E-state index in [1.807, 2.05) is 6.07 Å². The van der Waals surface area contributed by atoms with E-state index < -0.39 is 35.9 Å². The molecule has 1 heterocycles. The Morgan fingerprint density at radius 1 is 1.37 bits per heavy atom. The first-order chi connectivity index (χ1) is 14.2. The highest BCUT2D eigenvalue weighted by Crippen LogP contribution is 2.26. The number of halogens is 1. The van der Waals surface area contributed by atoms with Gasteiger partial charge in [0.05, 0.1) is 16.6 Å². The first-order valence-electron chi connectivity index (χ1n) is 9.36. The van der Waals surface area contributed by atoms with Crippen molar-refractivity contribution >= 4 is 46.4 Å². The van der Waals surface area contributed by atoms with Gasteiger partial charge in [-0.25, -0.2) is 4.79 Å². The summed E-state index contributed by atoms with van der Waals surface area (Å²) in [6.45, 7) is 3.30. The molecule has 160 valence electrons. The summed E-state index contributed by atoms with van der Waals surface area (Å²) in [4.78, 5) is 41.9. The van der Waals surface area contributed by atoms with Crippen molar-refractivity contribution in [2.45, 2.75) is 51.4 Å². The van der Waals surface area contributed by atoms with Crippen LogP contribution in [-0.2, 0) is 25.5 Å². The van der Waals surface area contributed by atoms with Crippen molar-refractivity contribution in [1.82, 2.24) is 10.3 Å². The van der Waals surface area contributed by atoms with Crippen LogP contribution in [0.25, 0.3) is 16.4 Å². The average Bonchev–Trinajstić information content (AvgIpc) is 3.08. The van der Waals surface area contributed by atoms with E-state index in [9.17, 15) is 19.5 Å². The van der Waals surface area contributed by atoms with Crippen molar-refractivity contribution in [3.63, 3.8) is 0 Å². The van der Waals surface area contributed by atoms with Gasteiger partial charge in [-0.1, -0.05) is 23.7 Å². The van der Waals surface area contributed by atoms with E-state index >= 15 is 0 Å². The van der Waals surface area contributed by atoms with Gasteiger partial charge in [0.2, 0.25) is 11.7 Å². The van der Waals surface area contributed by atoms with Gasteiger partial charge in [-0.2, -0.15) is 4.79 Å². The maximum atomic E-state index is 12.5. The molecule has 1 aromatic carbocycles. The standard InChI is InChI=1S/C20H23ClN4O5/c1-11(2)30-20(29)16(7-6-13(26)10-24-22)25-19(28)17(27)8-12-9-23-18-14(12)4-3-5-15(18)21/h3-5,9-11,16-17,23,27H,6-8H2,1-2H3,(H,25,28)/t16-,17-/m0/s1. The molecule has 1 aromatic heterocycles. The van der Waals surface area contributed by atoms with Crippen molar-refractivity contribution in [2.24, 2.45) is 0 Å². The summed E-state index contributed by atoms with van der Waals surface area (Å²) in [7, 11) is 0. The molecule has 10 heteroatoms. The zero-order valence-electron chi connectivity index (χ0n) is 16.6. The zero-order valence-corrected chi connectivity index (χ0v) is 17.3. The molecule has 0 aliphatic rings. The van der Waals surface area contributed by atoms with Crippen molar-refractivity contribution < 1.29 is 29.0 Å². The summed E-state index contributed by atoms with van der Waals surface area (Å²) in [6.07, 6.45) is 0.276. The molecule has 0 spiro atoms. The molecule has 30 heavy (non-hydrogen) atoms. The van der Waals surface area contributed by atoms with Crippen LogP contribution in [-0.4, -0.2) is 57.0 Å². The van der Waals surface area contributed by atoms with E-state index in [4.69, 9.17) is 21.9 Å². The quantitative estimate of drug-likeness (QED) is 0.226. The first kappa shape index (κ1) is 23.3. The van der Waals surface area contributed by atoms with Crippen LogP contribution in [0.5, 0.6) is 0 Å². The number of rotatable bonds is 10. The number of Topliss-reactive ketones (excluding diaryl/α,β-unsaturated/α-hetero) is 1. The van der Waals surface area contributed by atoms with E-state index in [0.29, 0.717) is 22.3 Å². The number of amides is 1. The predicted octanol–water partition coefficient (Wildman–Crippen LogP) is 1.81. The highest BCUT2D eigenvalue weighted by atomic mass is 35.5. The molecule has 2 rings (SSSR count). The lowest BCUT2D eigenvalue weighted by atomic mass is 10.0. The number of hydrogen-bond acceptors (Lipinski definition) is 5. The number of benzene rings is 1. The number of aliphatic hydroxyl groups is 1. The van der Waals surface area contributed by atoms with E-state index in [2.05, 4.69) is 15.1 Å². The molecule has 1 amide bonds. The summed E-state index contributed by atoms with van der Waals surface area (Å²) >= 11 is 6.12. The SMILES string of the molecule is CC(C)OC(=O)[C@H](CCC(=O)C=[N+]=[N-])NC(=O)[C@@H](O)Cc1c[nH]c2c(Cl)cccc12. The fraction of sp³-hybridized carbons (Fsp3) is 0.400. The molecule has 0 bridgehead atoms. The van der Waals surface area contributed by atoms with Crippen molar-refractivity contribution in [2.75, 3.05) is 0 Å². The lowest BCUT2D eigenvalue weighted by Gasteiger charge is -2.20. The number of esters is 1. The number of hydrogen-bond donors (Lipinski definition) is 3. The number of nitrogens with one attached hydrogen (secondary N) is 2. The van der Waals surface area contributed by atoms with E-state index in [-0.39, 0.29) is 19.3 Å². The monoisotopic (exact) mass is 434 g/mol. The molecule has 0 fully saturated rings. The largest absolute Gasteiger partial charge is 0.461 e. The average molecular weight is 435 g/mol. The number of ketones is 1. The zero-order chi connectivity index (χ0) is 22.3. The summed E-state index contributed by atoms with van der Waals surface area (Å²) < 4.78 is 5.11. The number of aromatic nitrogens is 1. The molecule has 3 N–H and O–H groups in total. The third-order valence-corrected chi connectivity index (χ3v) is 4.62. The Labute approximate surface area is 178 Å². The highest BCUT2D eigenvalue weighted by Gasteiger charge is 2.27. The Morgan fingerprint density at radius 2 is 2.10 bits per heavy atom. The number of carbonyl (C=O) groups is 3. The number of aromatic amines is 1. The van der Waals surface area contributed by atoms with Crippen LogP contribution in [0.15, 0.2) is 24.4 Å². The van der Waals surface area contributed by atoms with Crippen LogP contribution in [0, 0.1) is 0 Å². The normalized spacial score (nSPS) is 12.8. The molecule has 0 saturated heterocycles. The Morgan fingerprint density at radius 3 is 2.77 bits per heavy atom. The molecule has 0 aliphatic heterocycles. The maximum Gasteiger partial charge on any atom is 0.328 e. The summed E-state index contributed by atoms with van der Waals surface area (Å²) in [5.41, 5.74) is 9.79. The van der Waals surface area contributed by atoms with E-state index in [0.717, 1.165) is 5.39 Å². The molecular weight excluding hydrogens is 412 g/mol. The summed E-state index contributed by atoms with van der Waals surface area (Å²) in [5, 5.41) is 14.1. The van der Waals surface area contributed by atoms with Gasteiger partial charge in [0.15, 0.2) is 0 Å². The van der Waals surface area contributed by atoms with Crippen LogP contribution in [0.3, 0.4) is 0 Å². The van der Waals surface area contributed by atoms with Gasteiger partial charge in [0, 0.05) is 24.4 Å². The van der Waals surface area contributed by atoms with Gasteiger partial charge in [0.1, 0.15) is 12.1 Å². The minimum Gasteiger partial charge on any atom is -0.461 e. The molecule has 2 aromatic rings. The Kier molecular flexibility index (Phi) is 8.29. The second-order valence-electron chi connectivity index (χ2n) is 6.99. The van der Waals surface area contributed by atoms with Gasteiger partial charge >= 0.3 is 12.2 Å².